The van der Waals surface area contributed by atoms with Crippen molar-refractivity contribution in [3.05, 3.63) is 30.3 Å². The van der Waals surface area contributed by atoms with Crippen LogP contribution in [0, 0.1) is 5.92 Å². The van der Waals surface area contributed by atoms with Gasteiger partial charge in [0.25, 0.3) is 0 Å². The van der Waals surface area contributed by atoms with Gasteiger partial charge < -0.3 is 16.4 Å². The standard InChI is InChI=1S/C15H18N4OS/c16-13-12(10-4-2-1-3-5-10)15(21-19-13)18-9-8-17-14(20)11-6-7-11/h1-5,11,18H,6-9H2,(H2,16,19)(H,17,20). The number of amides is 1. The summed E-state index contributed by atoms with van der Waals surface area (Å²) >= 11 is 1.35. The summed E-state index contributed by atoms with van der Waals surface area (Å²) in [5.74, 6) is 0.962. The maximum atomic E-state index is 11.5. The minimum absolute atomic E-state index is 0.170. The zero-order chi connectivity index (χ0) is 14.7. The molecule has 3 rings (SSSR count). The van der Waals surface area contributed by atoms with Crippen molar-refractivity contribution in [2.24, 2.45) is 5.92 Å². The fourth-order valence-electron chi connectivity index (χ4n) is 2.16. The van der Waals surface area contributed by atoms with Crippen LogP contribution in [0.4, 0.5) is 10.8 Å². The Morgan fingerprint density at radius 2 is 2.05 bits per heavy atom. The molecule has 21 heavy (non-hydrogen) atoms. The topological polar surface area (TPSA) is 80.0 Å². The van der Waals surface area contributed by atoms with Gasteiger partial charge in [0.1, 0.15) is 10.8 Å². The average Bonchev–Trinajstić information content (AvgIpc) is 3.29. The zero-order valence-corrected chi connectivity index (χ0v) is 12.5. The van der Waals surface area contributed by atoms with Gasteiger partial charge >= 0.3 is 0 Å². The molecule has 1 aliphatic rings. The van der Waals surface area contributed by atoms with Gasteiger partial charge in [-0.1, -0.05) is 30.3 Å². The van der Waals surface area contributed by atoms with Crippen LogP contribution < -0.4 is 16.4 Å². The molecule has 1 fully saturated rings. The Kier molecular flexibility index (Phi) is 4.06. The second-order valence-electron chi connectivity index (χ2n) is 5.13. The number of nitrogens with one attached hydrogen (secondary N) is 2. The Labute approximate surface area is 127 Å². The summed E-state index contributed by atoms with van der Waals surface area (Å²) in [5.41, 5.74) is 7.95. The number of nitrogens with zero attached hydrogens (tertiary/aromatic N) is 1. The molecule has 1 amide bonds. The van der Waals surface area contributed by atoms with E-state index in [1.807, 2.05) is 30.3 Å². The maximum Gasteiger partial charge on any atom is 0.223 e. The van der Waals surface area contributed by atoms with Crippen molar-refractivity contribution in [1.82, 2.24) is 9.69 Å². The van der Waals surface area contributed by atoms with Crippen LogP contribution in [0.2, 0.25) is 0 Å². The summed E-state index contributed by atoms with van der Waals surface area (Å²) in [5, 5.41) is 7.18. The first kappa shape index (κ1) is 13.9. The normalized spacial score (nSPS) is 13.9. The van der Waals surface area contributed by atoms with Crippen molar-refractivity contribution in [3.8, 4) is 11.1 Å². The van der Waals surface area contributed by atoms with Crippen molar-refractivity contribution >= 4 is 28.3 Å². The number of hydrogen-bond donors (Lipinski definition) is 3. The van der Waals surface area contributed by atoms with Gasteiger partial charge in [-0.3, -0.25) is 4.79 Å². The van der Waals surface area contributed by atoms with Gasteiger partial charge in [0, 0.05) is 19.0 Å². The first-order valence-electron chi connectivity index (χ1n) is 7.08. The van der Waals surface area contributed by atoms with Crippen LogP contribution in [-0.2, 0) is 4.79 Å². The molecule has 0 bridgehead atoms. The number of aromatic nitrogens is 1. The van der Waals surface area contributed by atoms with E-state index in [1.165, 1.54) is 11.5 Å². The highest BCUT2D eigenvalue weighted by atomic mass is 32.1. The Morgan fingerprint density at radius 1 is 1.29 bits per heavy atom. The number of benzene rings is 1. The van der Waals surface area contributed by atoms with Crippen molar-refractivity contribution in [1.29, 1.82) is 0 Å². The molecular weight excluding hydrogens is 284 g/mol. The van der Waals surface area contributed by atoms with E-state index in [4.69, 9.17) is 5.73 Å². The molecule has 0 aliphatic heterocycles. The van der Waals surface area contributed by atoms with E-state index in [9.17, 15) is 4.79 Å². The maximum absolute atomic E-state index is 11.5. The molecule has 1 saturated carbocycles. The van der Waals surface area contributed by atoms with Crippen LogP contribution in [0.1, 0.15) is 12.8 Å². The van der Waals surface area contributed by atoms with E-state index in [1.54, 1.807) is 0 Å². The Bertz CT molecular complexity index is 622. The molecule has 6 heteroatoms. The van der Waals surface area contributed by atoms with Crippen molar-refractivity contribution < 1.29 is 4.79 Å². The number of rotatable bonds is 6. The van der Waals surface area contributed by atoms with E-state index in [2.05, 4.69) is 15.0 Å². The van der Waals surface area contributed by atoms with Crippen LogP contribution in [0.15, 0.2) is 30.3 Å². The SMILES string of the molecule is Nc1nsc(NCCNC(=O)C2CC2)c1-c1ccccc1. The molecule has 110 valence electrons. The Hall–Kier alpha value is -2.08. The average molecular weight is 302 g/mol. The first-order chi connectivity index (χ1) is 10.3. The molecule has 0 atom stereocenters. The first-order valence-corrected chi connectivity index (χ1v) is 7.85. The second kappa shape index (κ2) is 6.13. The highest BCUT2D eigenvalue weighted by Crippen LogP contribution is 2.36. The highest BCUT2D eigenvalue weighted by molar-refractivity contribution is 7.11. The van der Waals surface area contributed by atoms with E-state index in [-0.39, 0.29) is 11.8 Å². The predicted molar refractivity (Wildman–Crippen MR) is 86.2 cm³/mol. The molecule has 1 aromatic carbocycles. The Morgan fingerprint density at radius 3 is 2.76 bits per heavy atom. The lowest BCUT2D eigenvalue weighted by atomic mass is 10.1. The van der Waals surface area contributed by atoms with Crippen LogP contribution in [0.5, 0.6) is 0 Å². The van der Waals surface area contributed by atoms with Crippen LogP contribution >= 0.6 is 11.5 Å². The number of carbonyl (C=O) groups is 1. The summed E-state index contributed by atoms with van der Waals surface area (Å²) in [4.78, 5) is 11.5. The second-order valence-corrected chi connectivity index (χ2v) is 5.90. The van der Waals surface area contributed by atoms with E-state index < -0.39 is 0 Å². The predicted octanol–water partition coefficient (Wildman–Crippen LogP) is 2.33. The van der Waals surface area contributed by atoms with Crippen LogP contribution in [0.25, 0.3) is 11.1 Å². The third-order valence-electron chi connectivity index (χ3n) is 3.44. The van der Waals surface area contributed by atoms with Gasteiger partial charge in [-0.05, 0) is 29.9 Å². The number of anilines is 2. The fourth-order valence-corrected chi connectivity index (χ4v) is 2.92. The molecule has 0 unspecified atom stereocenters. The number of hydrogen-bond acceptors (Lipinski definition) is 5. The molecule has 4 N–H and O–H groups in total. The minimum atomic E-state index is 0.170. The molecule has 0 radical (unpaired) electrons. The molecule has 1 aromatic heterocycles. The zero-order valence-electron chi connectivity index (χ0n) is 11.6. The van der Waals surface area contributed by atoms with Crippen LogP contribution in [-0.4, -0.2) is 23.4 Å². The summed E-state index contributed by atoms with van der Waals surface area (Å²) in [6.07, 6.45) is 2.06. The molecule has 5 nitrogen and oxygen atoms in total. The summed E-state index contributed by atoms with van der Waals surface area (Å²) < 4.78 is 4.21. The summed E-state index contributed by atoms with van der Waals surface area (Å²) in [6.45, 7) is 1.28. The summed E-state index contributed by atoms with van der Waals surface area (Å²) in [7, 11) is 0. The molecule has 0 spiro atoms. The fraction of sp³-hybridized carbons (Fsp3) is 0.333. The lowest BCUT2D eigenvalue weighted by Gasteiger charge is -2.08. The van der Waals surface area contributed by atoms with Crippen molar-refractivity contribution in [2.45, 2.75) is 12.8 Å². The van der Waals surface area contributed by atoms with Gasteiger partial charge in [0.15, 0.2) is 0 Å². The number of carbonyl (C=O) groups excluding carboxylic acids is 1. The third kappa shape index (κ3) is 3.33. The molecule has 1 aliphatic carbocycles. The highest BCUT2D eigenvalue weighted by Gasteiger charge is 2.28. The molecule has 1 heterocycles. The van der Waals surface area contributed by atoms with Gasteiger partial charge in [0.05, 0.1) is 5.56 Å². The van der Waals surface area contributed by atoms with Gasteiger partial charge in [-0.25, -0.2) is 0 Å². The van der Waals surface area contributed by atoms with Gasteiger partial charge in [0.2, 0.25) is 5.91 Å². The van der Waals surface area contributed by atoms with Crippen LogP contribution in [0.3, 0.4) is 0 Å². The monoisotopic (exact) mass is 302 g/mol. The smallest absolute Gasteiger partial charge is 0.223 e. The minimum Gasteiger partial charge on any atom is -0.382 e. The molecule has 0 saturated heterocycles. The largest absolute Gasteiger partial charge is 0.382 e. The summed E-state index contributed by atoms with van der Waals surface area (Å²) in [6, 6.07) is 9.96. The quantitative estimate of drug-likeness (QED) is 0.716. The van der Waals surface area contributed by atoms with E-state index in [0.717, 1.165) is 29.0 Å². The molecular formula is C15H18N4OS. The lowest BCUT2D eigenvalue weighted by Crippen LogP contribution is -2.29. The van der Waals surface area contributed by atoms with Gasteiger partial charge in [-0.15, -0.1) is 0 Å². The Balaban J connectivity index is 1.59. The van der Waals surface area contributed by atoms with Crippen molar-refractivity contribution in [2.75, 3.05) is 24.1 Å². The molecule has 2 aromatic rings. The lowest BCUT2D eigenvalue weighted by molar-refractivity contribution is -0.122. The van der Waals surface area contributed by atoms with E-state index in [0.29, 0.717) is 18.9 Å². The third-order valence-corrected chi connectivity index (χ3v) is 4.26. The van der Waals surface area contributed by atoms with E-state index >= 15 is 0 Å². The number of nitrogen functional groups attached to an aromatic ring is 1. The van der Waals surface area contributed by atoms with Crippen molar-refractivity contribution in [3.63, 3.8) is 0 Å². The van der Waals surface area contributed by atoms with Gasteiger partial charge in [-0.2, -0.15) is 4.37 Å². The number of nitrogens with two attached hydrogens (primary N) is 1.